The second-order valence-electron chi connectivity index (χ2n) is 5.44. The van der Waals surface area contributed by atoms with Crippen LogP contribution in [0.25, 0.3) is 0 Å². The van der Waals surface area contributed by atoms with Crippen molar-refractivity contribution in [2.24, 2.45) is 5.92 Å². The first kappa shape index (κ1) is 18.8. The SMILES string of the molecule is CCOc1c(Br)cc(CN[C@H](CC(C)C)C(=O)O)cc1OC. The van der Waals surface area contributed by atoms with E-state index in [9.17, 15) is 9.90 Å². The molecule has 0 aliphatic carbocycles. The highest BCUT2D eigenvalue weighted by molar-refractivity contribution is 9.10. The molecule has 2 N–H and O–H groups in total. The summed E-state index contributed by atoms with van der Waals surface area (Å²) in [6.45, 7) is 6.92. The molecule has 0 aliphatic heterocycles. The number of methoxy groups -OCH3 is 1. The Kier molecular flexibility index (Phi) is 7.68. The third kappa shape index (κ3) is 5.50. The molecule has 0 aliphatic rings. The first-order valence-corrected chi connectivity index (χ1v) is 8.13. The van der Waals surface area contributed by atoms with E-state index in [0.717, 1.165) is 10.0 Å². The van der Waals surface area contributed by atoms with E-state index < -0.39 is 12.0 Å². The molecule has 0 aromatic heterocycles. The Labute approximate surface area is 140 Å². The number of halogens is 1. The molecule has 0 spiro atoms. The summed E-state index contributed by atoms with van der Waals surface area (Å²) in [7, 11) is 1.58. The highest BCUT2D eigenvalue weighted by atomic mass is 79.9. The smallest absolute Gasteiger partial charge is 0.320 e. The van der Waals surface area contributed by atoms with Crippen molar-refractivity contribution in [3.8, 4) is 11.5 Å². The third-order valence-corrected chi connectivity index (χ3v) is 3.72. The van der Waals surface area contributed by atoms with Gasteiger partial charge in [0.2, 0.25) is 0 Å². The number of hydrogen-bond donors (Lipinski definition) is 2. The topological polar surface area (TPSA) is 67.8 Å². The van der Waals surface area contributed by atoms with Crippen LogP contribution in [-0.4, -0.2) is 30.8 Å². The second kappa shape index (κ2) is 9.00. The van der Waals surface area contributed by atoms with Crippen molar-refractivity contribution in [3.63, 3.8) is 0 Å². The fourth-order valence-electron chi connectivity index (χ4n) is 2.14. The van der Waals surface area contributed by atoms with E-state index in [-0.39, 0.29) is 0 Å². The summed E-state index contributed by atoms with van der Waals surface area (Å²) in [5.41, 5.74) is 0.933. The predicted molar refractivity (Wildman–Crippen MR) is 89.6 cm³/mol. The predicted octanol–water partition coefficient (Wildman–Crippen LogP) is 3.45. The normalized spacial score (nSPS) is 12.3. The van der Waals surface area contributed by atoms with Gasteiger partial charge in [-0.05, 0) is 52.9 Å². The summed E-state index contributed by atoms with van der Waals surface area (Å²) < 4.78 is 11.7. The highest BCUT2D eigenvalue weighted by Gasteiger charge is 2.19. The zero-order valence-electron chi connectivity index (χ0n) is 13.5. The van der Waals surface area contributed by atoms with Crippen molar-refractivity contribution in [1.82, 2.24) is 5.32 Å². The molecule has 124 valence electrons. The van der Waals surface area contributed by atoms with E-state index >= 15 is 0 Å². The van der Waals surface area contributed by atoms with Crippen molar-refractivity contribution >= 4 is 21.9 Å². The Morgan fingerprint density at radius 3 is 2.59 bits per heavy atom. The van der Waals surface area contributed by atoms with Gasteiger partial charge in [0, 0.05) is 6.54 Å². The molecule has 0 saturated heterocycles. The average Bonchev–Trinajstić information content (AvgIpc) is 2.45. The van der Waals surface area contributed by atoms with Gasteiger partial charge in [0.05, 0.1) is 18.2 Å². The fourth-order valence-corrected chi connectivity index (χ4v) is 2.75. The maximum Gasteiger partial charge on any atom is 0.320 e. The van der Waals surface area contributed by atoms with Crippen LogP contribution in [0.3, 0.4) is 0 Å². The van der Waals surface area contributed by atoms with Crippen LogP contribution in [0.5, 0.6) is 11.5 Å². The average molecular weight is 374 g/mol. The van der Waals surface area contributed by atoms with Crippen molar-refractivity contribution in [2.75, 3.05) is 13.7 Å². The number of aliphatic carboxylic acids is 1. The highest BCUT2D eigenvalue weighted by Crippen LogP contribution is 2.36. The zero-order chi connectivity index (χ0) is 16.7. The number of carbonyl (C=O) groups is 1. The maximum atomic E-state index is 11.3. The van der Waals surface area contributed by atoms with E-state index in [0.29, 0.717) is 37.0 Å². The molecule has 0 saturated carbocycles. The summed E-state index contributed by atoms with van der Waals surface area (Å²) in [5.74, 6) is 0.773. The molecule has 1 aromatic rings. The molecule has 22 heavy (non-hydrogen) atoms. The standard InChI is InChI=1S/C16H24BrNO4/c1-5-22-15-12(17)7-11(8-14(15)21-4)9-18-13(16(19)20)6-10(2)3/h7-8,10,13,18H,5-6,9H2,1-4H3,(H,19,20)/t13-/m1/s1. The number of nitrogens with one attached hydrogen (secondary N) is 1. The van der Waals surface area contributed by atoms with Crippen LogP contribution in [0.1, 0.15) is 32.8 Å². The van der Waals surface area contributed by atoms with Gasteiger partial charge in [-0.15, -0.1) is 0 Å². The lowest BCUT2D eigenvalue weighted by Gasteiger charge is -2.18. The van der Waals surface area contributed by atoms with E-state index in [1.54, 1.807) is 7.11 Å². The first-order valence-electron chi connectivity index (χ1n) is 7.34. The Morgan fingerprint density at radius 2 is 2.09 bits per heavy atom. The van der Waals surface area contributed by atoms with Gasteiger partial charge in [0.1, 0.15) is 6.04 Å². The van der Waals surface area contributed by atoms with Crippen LogP contribution in [-0.2, 0) is 11.3 Å². The maximum absolute atomic E-state index is 11.3. The molecular weight excluding hydrogens is 350 g/mol. The Morgan fingerprint density at radius 1 is 1.41 bits per heavy atom. The lowest BCUT2D eigenvalue weighted by atomic mass is 10.0. The van der Waals surface area contributed by atoms with Gasteiger partial charge in [-0.2, -0.15) is 0 Å². The van der Waals surface area contributed by atoms with E-state index in [1.165, 1.54) is 0 Å². The molecule has 0 radical (unpaired) electrons. The molecule has 1 atom stereocenters. The quantitative estimate of drug-likeness (QED) is 0.693. The van der Waals surface area contributed by atoms with Gasteiger partial charge in [0.25, 0.3) is 0 Å². The molecular formula is C16H24BrNO4. The number of carboxylic acids is 1. The minimum Gasteiger partial charge on any atom is -0.493 e. The minimum absolute atomic E-state index is 0.315. The van der Waals surface area contributed by atoms with Crippen LogP contribution >= 0.6 is 15.9 Å². The van der Waals surface area contributed by atoms with Crippen LogP contribution in [0.2, 0.25) is 0 Å². The van der Waals surface area contributed by atoms with Gasteiger partial charge in [-0.3, -0.25) is 4.79 Å². The molecule has 5 nitrogen and oxygen atoms in total. The Bertz CT molecular complexity index is 505. The van der Waals surface area contributed by atoms with Crippen LogP contribution < -0.4 is 14.8 Å². The molecule has 0 fully saturated rings. The van der Waals surface area contributed by atoms with Crippen molar-refractivity contribution < 1.29 is 19.4 Å². The monoisotopic (exact) mass is 373 g/mol. The Hall–Kier alpha value is -1.27. The van der Waals surface area contributed by atoms with Gasteiger partial charge in [-0.25, -0.2) is 0 Å². The minimum atomic E-state index is -0.828. The molecule has 1 rings (SSSR count). The van der Waals surface area contributed by atoms with E-state index in [1.807, 2.05) is 32.9 Å². The number of benzene rings is 1. The van der Waals surface area contributed by atoms with Gasteiger partial charge in [-0.1, -0.05) is 13.8 Å². The summed E-state index contributed by atoms with van der Waals surface area (Å²) in [6.07, 6.45) is 0.588. The number of ether oxygens (including phenoxy) is 2. The largest absolute Gasteiger partial charge is 0.493 e. The van der Waals surface area contributed by atoms with E-state index in [4.69, 9.17) is 9.47 Å². The molecule has 0 amide bonds. The summed E-state index contributed by atoms with van der Waals surface area (Å²) >= 11 is 3.47. The first-order chi connectivity index (χ1) is 10.4. The summed E-state index contributed by atoms with van der Waals surface area (Å²) in [4.78, 5) is 11.3. The number of rotatable bonds is 9. The Balaban J connectivity index is 2.85. The molecule has 0 bridgehead atoms. The lowest BCUT2D eigenvalue weighted by molar-refractivity contribution is -0.140. The van der Waals surface area contributed by atoms with Crippen LogP contribution in [0, 0.1) is 5.92 Å². The second-order valence-corrected chi connectivity index (χ2v) is 6.30. The fraction of sp³-hybridized carbons (Fsp3) is 0.562. The van der Waals surface area contributed by atoms with Gasteiger partial charge < -0.3 is 19.9 Å². The zero-order valence-corrected chi connectivity index (χ0v) is 15.1. The van der Waals surface area contributed by atoms with Crippen LogP contribution in [0.4, 0.5) is 0 Å². The van der Waals surface area contributed by atoms with Crippen molar-refractivity contribution in [2.45, 2.75) is 39.8 Å². The van der Waals surface area contributed by atoms with Crippen molar-refractivity contribution in [3.05, 3.63) is 22.2 Å². The number of carboxylic acid groups (broad SMARTS) is 1. The van der Waals surface area contributed by atoms with E-state index in [2.05, 4.69) is 21.2 Å². The summed E-state index contributed by atoms with van der Waals surface area (Å²) in [6, 6.07) is 3.21. The van der Waals surface area contributed by atoms with Gasteiger partial charge >= 0.3 is 5.97 Å². The molecule has 0 heterocycles. The molecule has 0 unspecified atom stereocenters. The lowest BCUT2D eigenvalue weighted by Crippen LogP contribution is -2.37. The molecule has 1 aromatic carbocycles. The van der Waals surface area contributed by atoms with Crippen molar-refractivity contribution in [1.29, 1.82) is 0 Å². The number of hydrogen-bond acceptors (Lipinski definition) is 4. The van der Waals surface area contributed by atoms with Gasteiger partial charge in [0.15, 0.2) is 11.5 Å². The summed E-state index contributed by atoms with van der Waals surface area (Å²) in [5, 5.41) is 12.3. The van der Waals surface area contributed by atoms with Crippen LogP contribution in [0.15, 0.2) is 16.6 Å². The molecule has 6 heteroatoms. The third-order valence-electron chi connectivity index (χ3n) is 3.14.